The minimum Gasteiger partial charge on any atom is -0.344 e. The number of hydrogen-bond acceptors (Lipinski definition) is 1. The van der Waals surface area contributed by atoms with Crippen LogP contribution in [0.2, 0.25) is 0 Å². The molecule has 1 nitrogen and oxygen atoms in total. The van der Waals surface area contributed by atoms with Crippen LogP contribution in [0.1, 0.15) is 0 Å². The van der Waals surface area contributed by atoms with E-state index < -0.39 is 0 Å². The molecule has 1 atom stereocenters. The maximum absolute atomic E-state index is 3.00. The SMILES string of the molecule is C=C.N.P. The average molecular weight is 79.1 g/mol. The van der Waals surface area contributed by atoms with Gasteiger partial charge in [0.1, 0.15) is 0 Å². The minimum absolute atomic E-state index is 0. The zero-order valence-corrected chi connectivity index (χ0v) is 4.24. The van der Waals surface area contributed by atoms with Crippen molar-refractivity contribution in [1.82, 2.24) is 6.15 Å². The van der Waals surface area contributed by atoms with Gasteiger partial charge in [0, 0.05) is 0 Å². The lowest BCUT2D eigenvalue weighted by atomic mass is 11.3. The maximum Gasteiger partial charge on any atom is -0.106 e. The molecule has 0 heterocycles. The van der Waals surface area contributed by atoms with E-state index in [9.17, 15) is 0 Å². The van der Waals surface area contributed by atoms with Gasteiger partial charge in [-0.1, -0.05) is 0 Å². The topological polar surface area (TPSA) is 35.0 Å². The molecular weight excluding hydrogens is 69.0 g/mol. The molecule has 0 amide bonds. The van der Waals surface area contributed by atoms with E-state index in [1.54, 1.807) is 0 Å². The Morgan fingerprint density at radius 1 is 1.00 bits per heavy atom. The Balaban J connectivity index is -0.00000000500. The summed E-state index contributed by atoms with van der Waals surface area (Å²) in [4.78, 5) is 0. The van der Waals surface area contributed by atoms with Crippen LogP contribution in [0, 0.1) is 0 Å². The smallest absolute Gasteiger partial charge is 0.106 e. The molecule has 2 heteroatoms. The van der Waals surface area contributed by atoms with Crippen LogP contribution in [0.3, 0.4) is 0 Å². The minimum atomic E-state index is 0. The first-order valence-electron chi connectivity index (χ1n) is 0.500. The molecule has 3 N–H and O–H groups in total. The fraction of sp³-hybridized carbons (Fsp3) is 0. The molecule has 0 radical (unpaired) electrons. The number of hydrogen-bond donors (Lipinski definition) is 1. The van der Waals surface area contributed by atoms with Crippen molar-refractivity contribution in [2.75, 3.05) is 0 Å². The Morgan fingerprint density at radius 2 is 1.00 bits per heavy atom. The molecule has 0 bridgehead atoms. The molecule has 0 spiro atoms. The molecule has 4 heavy (non-hydrogen) atoms. The highest BCUT2D eigenvalue weighted by atomic mass is 31.0. The van der Waals surface area contributed by atoms with Gasteiger partial charge >= 0.3 is 0 Å². The third-order valence-corrected chi connectivity index (χ3v) is 0. The predicted molar refractivity (Wildman–Crippen MR) is 27.4 cm³/mol. The summed E-state index contributed by atoms with van der Waals surface area (Å²) < 4.78 is 0. The van der Waals surface area contributed by atoms with E-state index in [-0.39, 0.29) is 16.0 Å². The van der Waals surface area contributed by atoms with Crippen molar-refractivity contribution in [2.45, 2.75) is 0 Å². The standard InChI is InChI=1S/C2H4.H3N.H3P/c1-2;;/h1-2H2;2*1H3. The van der Waals surface area contributed by atoms with Gasteiger partial charge in [-0.2, -0.15) is 9.90 Å². The van der Waals surface area contributed by atoms with Crippen molar-refractivity contribution in [3.05, 3.63) is 13.2 Å². The summed E-state index contributed by atoms with van der Waals surface area (Å²) in [5.74, 6) is 0. The van der Waals surface area contributed by atoms with Crippen LogP contribution in [0.4, 0.5) is 0 Å². The Morgan fingerprint density at radius 3 is 1.00 bits per heavy atom. The Kier molecular flexibility index (Phi) is 6660. The summed E-state index contributed by atoms with van der Waals surface area (Å²) in [6.07, 6.45) is 0. The molecule has 0 saturated heterocycles. The molecule has 0 aliphatic carbocycles. The molecule has 0 aromatic heterocycles. The fourth-order valence-electron chi connectivity index (χ4n) is 0. The number of rotatable bonds is 0. The van der Waals surface area contributed by atoms with E-state index in [2.05, 4.69) is 13.2 Å². The first-order valence-corrected chi connectivity index (χ1v) is 0.500. The molecule has 0 aliphatic rings. The van der Waals surface area contributed by atoms with Gasteiger partial charge in [-0.15, -0.1) is 13.2 Å². The molecular formula is C2H10NP. The van der Waals surface area contributed by atoms with Crippen molar-refractivity contribution in [1.29, 1.82) is 0 Å². The summed E-state index contributed by atoms with van der Waals surface area (Å²) in [5.41, 5.74) is 0. The van der Waals surface area contributed by atoms with Crippen LogP contribution in [0.15, 0.2) is 13.2 Å². The van der Waals surface area contributed by atoms with Gasteiger partial charge in [0.25, 0.3) is 0 Å². The van der Waals surface area contributed by atoms with Crippen LogP contribution >= 0.6 is 9.90 Å². The van der Waals surface area contributed by atoms with Gasteiger partial charge in [0.15, 0.2) is 0 Å². The molecule has 0 aromatic carbocycles. The lowest BCUT2D eigenvalue weighted by Gasteiger charge is -0.813. The van der Waals surface area contributed by atoms with Crippen molar-refractivity contribution in [3.8, 4) is 0 Å². The molecule has 0 saturated carbocycles. The van der Waals surface area contributed by atoms with Gasteiger partial charge in [0.2, 0.25) is 0 Å². The second kappa shape index (κ2) is 840. The third kappa shape index (κ3) is 161. The van der Waals surface area contributed by atoms with Crippen molar-refractivity contribution < 1.29 is 0 Å². The van der Waals surface area contributed by atoms with Crippen molar-refractivity contribution >= 4 is 9.90 Å². The highest BCUT2D eigenvalue weighted by Crippen LogP contribution is 0.863. The van der Waals surface area contributed by atoms with Gasteiger partial charge < -0.3 is 6.15 Å². The molecule has 0 fully saturated rings. The van der Waals surface area contributed by atoms with Crippen LogP contribution < -0.4 is 6.15 Å². The van der Waals surface area contributed by atoms with Gasteiger partial charge in [-0.05, 0) is 0 Å². The summed E-state index contributed by atoms with van der Waals surface area (Å²) >= 11 is 0. The van der Waals surface area contributed by atoms with E-state index >= 15 is 0 Å². The molecule has 0 aliphatic heterocycles. The average Bonchev–Trinajstić information content (AvgIpc) is 1.00. The van der Waals surface area contributed by atoms with Crippen LogP contribution in [0.25, 0.3) is 0 Å². The summed E-state index contributed by atoms with van der Waals surface area (Å²) in [6, 6.07) is 0. The lowest BCUT2D eigenvalue weighted by molar-refractivity contribution is 2.13. The zero-order chi connectivity index (χ0) is 2.00. The van der Waals surface area contributed by atoms with Crippen LogP contribution in [-0.2, 0) is 0 Å². The zero-order valence-electron chi connectivity index (χ0n) is 2.83. The molecule has 0 rings (SSSR count). The van der Waals surface area contributed by atoms with E-state index in [1.807, 2.05) is 0 Å². The highest BCUT2D eigenvalue weighted by Gasteiger charge is 0.601. The van der Waals surface area contributed by atoms with Crippen molar-refractivity contribution in [2.24, 2.45) is 0 Å². The first-order chi connectivity index (χ1) is 1.00. The molecule has 0 aromatic rings. The normalized spacial score (nSPS) is 1.00. The monoisotopic (exact) mass is 79.1 g/mol. The summed E-state index contributed by atoms with van der Waals surface area (Å²) in [6.45, 7) is 6.00. The third-order valence-electron chi connectivity index (χ3n) is 0. The quantitative estimate of drug-likeness (QED) is 0.341. The van der Waals surface area contributed by atoms with Crippen molar-refractivity contribution in [3.63, 3.8) is 0 Å². The summed E-state index contributed by atoms with van der Waals surface area (Å²) in [5, 5.41) is 0. The lowest BCUT2D eigenvalue weighted by Crippen LogP contribution is -0.552. The van der Waals surface area contributed by atoms with Gasteiger partial charge in [0.05, 0.1) is 0 Å². The second-order valence-corrected chi connectivity index (χ2v) is 0. The Labute approximate surface area is 30.3 Å². The Bertz CT molecular complexity index is 6.00. The first kappa shape index (κ1) is 31.7. The van der Waals surface area contributed by atoms with E-state index in [1.165, 1.54) is 0 Å². The highest BCUT2D eigenvalue weighted by molar-refractivity contribution is 6.92. The maximum atomic E-state index is 3.00. The predicted octanol–water partition coefficient (Wildman–Crippen LogP) is 1.02. The second-order valence-electron chi connectivity index (χ2n) is 0. The van der Waals surface area contributed by atoms with Crippen LogP contribution in [0.5, 0.6) is 0 Å². The molecule has 28 valence electrons. The fourth-order valence-corrected chi connectivity index (χ4v) is 0. The summed E-state index contributed by atoms with van der Waals surface area (Å²) in [7, 11) is 0. The Hall–Kier alpha value is 0.130. The van der Waals surface area contributed by atoms with Gasteiger partial charge in [-0.25, -0.2) is 0 Å². The van der Waals surface area contributed by atoms with E-state index in [4.69, 9.17) is 0 Å². The van der Waals surface area contributed by atoms with E-state index in [0.29, 0.717) is 0 Å². The molecule has 1 unspecified atom stereocenters. The van der Waals surface area contributed by atoms with E-state index in [0.717, 1.165) is 0 Å². The van der Waals surface area contributed by atoms with Gasteiger partial charge in [-0.3, -0.25) is 0 Å². The van der Waals surface area contributed by atoms with Crippen LogP contribution in [-0.4, -0.2) is 0 Å². The largest absolute Gasteiger partial charge is 0.344 e.